The number of halogens is 2. The van der Waals surface area contributed by atoms with Crippen LogP contribution in [0.3, 0.4) is 0 Å². The largest absolute Gasteiger partial charge is 0.412 e. The lowest BCUT2D eigenvalue weighted by molar-refractivity contribution is -0.125. The fraction of sp³-hybridized carbons (Fsp3) is 0.444. The van der Waals surface area contributed by atoms with Crippen molar-refractivity contribution in [3.63, 3.8) is 0 Å². The van der Waals surface area contributed by atoms with E-state index in [9.17, 15) is 9.59 Å². The molecule has 1 aromatic rings. The summed E-state index contributed by atoms with van der Waals surface area (Å²) in [4.78, 5) is 24.1. The van der Waals surface area contributed by atoms with E-state index in [4.69, 9.17) is 27.9 Å². The fourth-order valence-electron chi connectivity index (χ4n) is 2.83. The van der Waals surface area contributed by atoms with E-state index < -0.39 is 11.5 Å². The molecule has 2 amide bonds. The maximum Gasteiger partial charge on any atom is 0.412 e. The topological polar surface area (TPSA) is 67.4 Å². The Bertz CT molecular complexity index is 746. The quantitative estimate of drug-likeness (QED) is 0.705. The van der Waals surface area contributed by atoms with Gasteiger partial charge in [0, 0.05) is 7.05 Å². The molecular formula is C18H22Cl2N2O3. The number of nitrogens with one attached hydrogen (secondary N) is 2. The van der Waals surface area contributed by atoms with Gasteiger partial charge in [-0.15, -0.1) is 0 Å². The van der Waals surface area contributed by atoms with E-state index in [2.05, 4.69) is 24.5 Å². The van der Waals surface area contributed by atoms with Crippen molar-refractivity contribution in [2.75, 3.05) is 12.4 Å². The number of hydrogen-bond donors (Lipinski definition) is 2. The minimum Gasteiger partial charge on any atom is -0.409 e. The predicted octanol–water partition coefficient (Wildman–Crippen LogP) is 5.18. The molecule has 0 bridgehead atoms. The molecule has 1 aromatic carbocycles. The van der Waals surface area contributed by atoms with Crippen molar-refractivity contribution in [2.24, 2.45) is 5.41 Å². The lowest BCUT2D eigenvalue weighted by Crippen LogP contribution is -2.35. The minimum absolute atomic E-state index is 0.0729. The van der Waals surface area contributed by atoms with Crippen molar-refractivity contribution in [1.82, 2.24) is 5.32 Å². The van der Waals surface area contributed by atoms with Crippen LogP contribution in [-0.2, 0) is 4.79 Å². The molecule has 0 heterocycles. The summed E-state index contributed by atoms with van der Waals surface area (Å²) in [5, 5.41) is 5.39. The van der Waals surface area contributed by atoms with Gasteiger partial charge in [0.15, 0.2) is 5.75 Å². The highest BCUT2D eigenvalue weighted by Crippen LogP contribution is 2.42. The Balaban J connectivity index is 2.19. The Kier molecular flexibility index (Phi) is 6.01. The first-order valence-electron chi connectivity index (χ1n) is 8.02. The average molecular weight is 385 g/mol. The Morgan fingerprint density at radius 3 is 2.44 bits per heavy atom. The van der Waals surface area contributed by atoms with Gasteiger partial charge < -0.3 is 15.4 Å². The van der Waals surface area contributed by atoms with Gasteiger partial charge in [0.25, 0.3) is 0 Å². The molecule has 0 saturated carbocycles. The Morgan fingerprint density at radius 1 is 1.16 bits per heavy atom. The summed E-state index contributed by atoms with van der Waals surface area (Å²) in [5.41, 5.74) is 2.51. The maximum absolute atomic E-state index is 12.8. The first-order chi connectivity index (χ1) is 11.7. The zero-order valence-electron chi connectivity index (χ0n) is 14.8. The molecule has 0 fully saturated rings. The summed E-state index contributed by atoms with van der Waals surface area (Å²) in [7, 11) is 1.44. The molecule has 2 rings (SSSR count). The summed E-state index contributed by atoms with van der Waals surface area (Å²) < 4.78 is 5.01. The van der Waals surface area contributed by atoms with Crippen molar-refractivity contribution in [3.05, 3.63) is 33.3 Å². The van der Waals surface area contributed by atoms with Crippen molar-refractivity contribution in [2.45, 2.75) is 40.0 Å². The summed E-state index contributed by atoms with van der Waals surface area (Å²) in [6, 6.07) is 3.07. The maximum atomic E-state index is 12.8. The van der Waals surface area contributed by atoms with Crippen LogP contribution in [0, 0.1) is 5.41 Å². The Morgan fingerprint density at radius 2 is 1.84 bits per heavy atom. The van der Waals surface area contributed by atoms with Gasteiger partial charge in [0.2, 0.25) is 5.91 Å². The van der Waals surface area contributed by atoms with E-state index in [1.807, 2.05) is 6.92 Å². The van der Waals surface area contributed by atoms with E-state index in [0.29, 0.717) is 12.1 Å². The van der Waals surface area contributed by atoms with Gasteiger partial charge in [-0.3, -0.25) is 4.79 Å². The summed E-state index contributed by atoms with van der Waals surface area (Å²) in [5.74, 6) is 0.0274. The van der Waals surface area contributed by atoms with Gasteiger partial charge in [-0.2, -0.15) is 0 Å². The van der Waals surface area contributed by atoms with E-state index in [-0.39, 0.29) is 21.7 Å². The number of allylic oxidation sites excluding steroid dienone is 2. The van der Waals surface area contributed by atoms with E-state index in [1.54, 1.807) is 6.07 Å². The number of carbonyl (C=O) groups excluding carboxylic acids is 2. The third-order valence-electron chi connectivity index (χ3n) is 4.69. The SMILES string of the molecule is CNC(=O)Oc1ccc(NC(=O)C2(C)CCC(C)=C(C)C2)c(Cl)c1Cl. The molecule has 1 aliphatic carbocycles. The molecule has 136 valence electrons. The second-order valence-electron chi connectivity index (χ2n) is 6.63. The van der Waals surface area contributed by atoms with Crippen LogP contribution in [0.5, 0.6) is 5.75 Å². The van der Waals surface area contributed by atoms with Gasteiger partial charge in [0.05, 0.1) is 16.1 Å². The lowest BCUT2D eigenvalue weighted by Gasteiger charge is -2.33. The fourth-order valence-corrected chi connectivity index (χ4v) is 3.23. The molecule has 5 nitrogen and oxygen atoms in total. The van der Waals surface area contributed by atoms with Crippen LogP contribution in [0.1, 0.15) is 40.0 Å². The van der Waals surface area contributed by atoms with Crippen molar-refractivity contribution < 1.29 is 14.3 Å². The highest BCUT2D eigenvalue weighted by molar-refractivity contribution is 6.45. The molecule has 7 heteroatoms. The van der Waals surface area contributed by atoms with Crippen molar-refractivity contribution >= 4 is 40.9 Å². The second-order valence-corrected chi connectivity index (χ2v) is 7.39. The van der Waals surface area contributed by atoms with Gasteiger partial charge >= 0.3 is 6.09 Å². The number of hydrogen-bond acceptors (Lipinski definition) is 3. The number of amides is 2. The van der Waals surface area contributed by atoms with Crippen LogP contribution in [0.2, 0.25) is 10.0 Å². The zero-order valence-corrected chi connectivity index (χ0v) is 16.3. The summed E-state index contributed by atoms with van der Waals surface area (Å²) >= 11 is 12.4. The highest BCUT2D eigenvalue weighted by atomic mass is 35.5. The van der Waals surface area contributed by atoms with Crippen LogP contribution in [0.4, 0.5) is 10.5 Å². The van der Waals surface area contributed by atoms with E-state index in [0.717, 1.165) is 12.8 Å². The molecular weight excluding hydrogens is 363 g/mol. The third-order valence-corrected chi connectivity index (χ3v) is 5.55. The predicted molar refractivity (Wildman–Crippen MR) is 101 cm³/mol. The van der Waals surface area contributed by atoms with Crippen LogP contribution in [0.25, 0.3) is 0 Å². The van der Waals surface area contributed by atoms with Crippen LogP contribution in [-0.4, -0.2) is 19.0 Å². The molecule has 0 radical (unpaired) electrons. The molecule has 0 aliphatic heterocycles. The summed E-state index contributed by atoms with van der Waals surface area (Å²) in [6.07, 6.45) is 1.75. The Hall–Kier alpha value is -1.72. The third kappa shape index (κ3) is 4.28. The minimum atomic E-state index is -0.651. The first kappa shape index (κ1) is 19.6. The number of anilines is 1. The molecule has 1 aliphatic rings. The standard InChI is InChI=1S/C18H22Cl2N2O3/c1-10-7-8-18(3,9-11(10)2)16(23)22-12-5-6-13(15(20)14(12)19)25-17(24)21-4/h5-6H,7-9H2,1-4H3,(H,21,24)(H,22,23). The number of benzene rings is 1. The highest BCUT2D eigenvalue weighted by Gasteiger charge is 2.36. The van der Waals surface area contributed by atoms with Gasteiger partial charge in [-0.25, -0.2) is 4.79 Å². The van der Waals surface area contributed by atoms with Crippen molar-refractivity contribution in [1.29, 1.82) is 0 Å². The van der Waals surface area contributed by atoms with Gasteiger partial charge in [-0.05, 0) is 45.2 Å². The van der Waals surface area contributed by atoms with E-state index >= 15 is 0 Å². The number of rotatable bonds is 3. The molecule has 25 heavy (non-hydrogen) atoms. The Labute approximate surface area is 157 Å². The molecule has 0 saturated heterocycles. The van der Waals surface area contributed by atoms with Gasteiger partial charge in [-0.1, -0.05) is 41.3 Å². The first-order valence-corrected chi connectivity index (χ1v) is 8.78. The van der Waals surface area contributed by atoms with Crippen molar-refractivity contribution in [3.8, 4) is 5.75 Å². The summed E-state index contributed by atoms with van der Waals surface area (Å²) in [6.45, 7) is 6.13. The van der Waals surface area contributed by atoms with Gasteiger partial charge in [0.1, 0.15) is 5.02 Å². The van der Waals surface area contributed by atoms with Crippen LogP contribution in [0.15, 0.2) is 23.3 Å². The number of ether oxygens (including phenoxy) is 1. The molecule has 0 spiro atoms. The molecule has 1 atom stereocenters. The molecule has 1 unspecified atom stereocenters. The zero-order chi connectivity index (χ0) is 18.8. The second kappa shape index (κ2) is 7.67. The molecule has 2 N–H and O–H groups in total. The normalized spacial score (nSPS) is 20.2. The van der Waals surface area contributed by atoms with Crippen LogP contribution < -0.4 is 15.4 Å². The smallest absolute Gasteiger partial charge is 0.409 e. The monoisotopic (exact) mass is 384 g/mol. The average Bonchev–Trinajstić information content (AvgIpc) is 2.57. The van der Waals surface area contributed by atoms with Crippen LogP contribution >= 0.6 is 23.2 Å². The molecule has 0 aromatic heterocycles. The lowest BCUT2D eigenvalue weighted by atomic mass is 9.73. The van der Waals surface area contributed by atoms with E-state index in [1.165, 1.54) is 24.3 Å². The number of carbonyl (C=O) groups is 2.